The minimum atomic E-state index is -4.55. The van der Waals surface area contributed by atoms with Crippen LogP contribution in [0.5, 0.6) is 5.75 Å². The molecule has 1 aromatic carbocycles. The molecule has 3 rings (SSSR count). The lowest BCUT2D eigenvalue weighted by molar-refractivity contribution is -0.146. The van der Waals surface area contributed by atoms with Crippen LogP contribution in [0, 0.1) is 0 Å². The summed E-state index contributed by atoms with van der Waals surface area (Å²) in [7, 11) is 0. The van der Waals surface area contributed by atoms with Crippen LogP contribution in [0.15, 0.2) is 24.3 Å². The largest absolute Gasteiger partial charge is 0.483 e. The van der Waals surface area contributed by atoms with Gasteiger partial charge in [0.25, 0.3) is 11.8 Å². The van der Waals surface area contributed by atoms with Crippen LogP contribution in [0.3, 0.4) is 0 Å². The summed E-state index contributed by atoms with van der Waals surface area (Å²) in [5.74, 6) is -0.836. The molecule has 2 heterocycles. The molecule has 1 aromatic rings. The van der Waals surface area contributed by atoms with Crippen molar-refractivity contribution >= 4 is 11.8 Å². The summed E-state index contributed by atoms with van der Waals surface area (Å²) in [6.45, 7) is 1.51. The first-order chi connectivity index (χ1) is 12.9. The van der Waals surface area contributed by atoms with Crippen LogP contribution < -0.4 is 4.74 Å². The first-order valence-electron chi connectivity index (χ1n) is 8.83. The Hall–Kier alpha value is -2.29. The fraction of sp³-hybridized carbons (Fsp3) is 0.556. The van der Waals surface area contributed by atoms with Crippen LogP contribution in [-0.2, 0) is 20.5 Å². The van der Waals surface area contributed by atoms with Crippen molar-refractivity contribution < 1.29 is 32.2 Å². The topological polar surface area (TPSA) is 59.1 Å². The van der Waals surface area contributed by atoms with Crippen molar-refractivity contribution in [3.8, 4) is 5.75 Å². The molecule has 0 aromatic heterocycles. The van der Waals surface area contributed by atoms with Crippen molar-refractivity contribution in [2.24, 2.45) is 0 Å². The number of amides is 2. The van der Waals surface area contributed by atoms with Crippen molar-refractivity contribution in [3.63, 3.8) is 0 Å². The Kier molecular flexibility index (Phi) is 5.88. The fourth-order valence-corrected chi connectivity index (χ4v) is 3.21. The molecule has 2 fully saturated rings. The number of carbonyl (C=O) groups is 2. The van der Waals surface area contributed by atoms with Crippen LogP contribution in [0.4, 0.5) is 13.2 Å². The van der Waals surface area contributed by atoms with Crippen molar-refractivity contribution in [2.75, 3.05) is 39.4 Å². The average molecular weight is 386 g/mol. The fourth-order valence-electron chi connectivity index (χ4n) is 3.21. The Balaban J connectivity index is 1.50. The molecule has 0 saturated carbocycles. The molecule has 0 radical (unpaired) electrons. The third-order valence-electron chi connectivity index (χ3n) is 4.69. The number of alkyl halides is 3. The van der Waals surface area contributed by atoms with Gasteiger partial charge in [0.2, 0.25) is 0 Å². The number of hydrogen-bond acceptors (Lipinski definition) is 4. The molecule has 0 spiro atoms. The molecule has 0 aliphatic carbocycles. The zero-order valence-corrected chi connectivity index (χ0v) is 14.7. The maximum Gasteiger partial charge on any atom is 0.419 e. The van der Waals surface area contributed by atoms with E-state index < -0.39 is 30.4 Å². The van der Waals surface area contributed by atoms with E-state index in [0.29, 0.717) is 39.2 Å². The number of para-hydroxylation sites is 1. The predicted octanol–water partition coefficient (Wildman–Crippen LogP) is 1.93. The number of halogens is 3. The number of rotatable bonds is 4. The van der Waals surface area contributed by atoms with Gasteiger partial charge in [-0.15, -0.1) is 0 Å². The van der Waals surface area contributed by atoms with Gasteiger partial charge in [-0.3, -0.25) is 9.59 Å². The summed E-state index contributed by atoms with van der Waals surface area (Å²) in [5, 5.41) is 0. The minimum absolute atomic E-state index is 0.0602. The van der Waals surface area contributed by atoms with Crippen molar-refractivity contribution in [1.29, 1.82) is 0 Å². The smallest absolute Gasteiger partial charge is 0.419 e. The molecular formula is C18H21F3N2O4. The van der Waals surface area contributed by atoms with Crippen LogP contribution in [-0.4, -0.2) is 67.1 Å². The number of piperazine rings is 1. The lowest BCUT2D eigenvalue weighted by atomic mass is 10.2. The van der Waals surface area contributed by atoms with E-state index in [1.54, 1.807) is 4.90 Å². The molecule has 1 unspecified atom stereocenters. The second-order valence-electron chi connectivity index (χ2n) is 6.49. The van der Waals surface area contributed by atoms with Gasteiger partial charge in [0.15, 0.2) is 6.61 Å². The normalized spacial score (nSPS) is 20.6. The molecule has 2 aliphatic heterocycles. The van der Waals surface area contributed by atoms with Gasteiger partial charge in [0.05, 0.1) is 5.56 Å². The quantitative estimate of drug-likeness (QED) is 0.794. The van der Waals surface area contributed by atoms with Gasteiger partial charge >= 0.3 is 6.18 Å². The molecule has 148 valence electrons. The highest BCUT2D eigenvalue weighted by Crippen LogP contribution is 2.35. The highest BCUT2D eigenvalue weighted by atomic mass is 19.4. The Morgan fingerprint density at radius 3 is 2.41 bits per heavy atom. The number of hydrogen-bond donors (Lipinski definition) is 0. The molecular weight excluding hydrogens is 365 g/mol. The number of nitrogens with zero attached hydrogens (tertiary/aromatic N) is 2. The van der Waals surface area contributed by atoms with Crippen molar-refractivity contribution in [2.45, 2.75) is 25.1 Å². The van der Waals surface area contributed by atoms with E-state index >= 15 is 0 Å². The van der Waals surface area contributed by atoms with Crippen LogP contribution in [0.25, 0.3) is 0 Å². The maximum atomic E-state index is 13.0. The number of ether oxygens (including phenoxy) is 2. The molecule has 1 atom stereocenters. The summed E-state index contributed by atoms with van der Waals surface area (Å²) >= 11 is 0. The Labute approximate surface area is 154 Å². The lowest BCUT2D eigenvalue weighted by Gasteiger charge is -2.35. The standard InChI is InChI=1S/C18H21F3N2O4/c19-18(20,21)13-4-1-2-5-14(13)27-12-16(24)22-7-9-23(10-8-22)17(25)15-6-3-11-26-15/h1-2,4-5,15H,3,6-12H2. The third kappa shape index (κ3) is 4.71. The van der Waals surface area contributed by atoms with E-state index in [9.17, 15) is 22.8 Å². The zero-order chi connectivity index (χ0) is 19.4. The molecule has 2 saturated heterocycles. The Bertz CT molecular complexity index is 681. The van der Waals surface area contributed by atoms with Crippen molar-refractivity contribution in [3.05, 3.63) is 29.8 Å². The summed E-state index contributed by atoms with van der Waals surface area (Å²) in [6.07, 6.45) is -3.36. The molecule has 0 bridgehead atoms. The van der Waals surface area contributed by atoms with E-state index in [2.05, 4.69) is 0 Å². The average Bonchev–Trinajstić information content (AvgIpc) is 3.20. The van der Waals surface area contributed by atoms with E-state index in [4.69, 9.17) is 9.47 Å². The van der Waals surface area contributed by atoms with E-state index in [-0.39, 0.29) is 11.7 Å². The second-order valence-corrected chi connectivity index (χ2v) is 6.49. The lowest BCUT2D eigenvalue weighted by Crippen LogP contribution is -2.53. The summed E-state index contributed by atoms with van der Waals surface area (Å²) in [4.78, 5) is 27.7. The maximum absolute atomic E-state index is 13.0. The molecule has 0 N–H and O–H groups in total. The minimum Gasteiger partial charge on any atom is -0.483 e. The Morgan fingerprint density at radius 1 is 1.11 bits per heavy atom. The molecule has 2 aliphatic rings. The predicted molar refractivity (Wildman–Crippen MR) is 89.1 cm³/mol. The molecule has 27 heavy (non-hydrogen) atoms. The van der Waals surface area contributed by atoms with E-state index in [0.717, 1.165) is 12.5 Å². The highest BCUT2D eigenvalue weighted by molar-refractivity contribution is 5.82. The molecule has 2 amide bonds. The van der Waals surface area contributed by atoms with E-state index in [1.807, 2.05) is 0 Å². The first kappa shape index (κ1) is 19.5. The third-order valence-corrected chi connectivity index (χ3v) is 4.69. The molecule has 9 heteroatoms. The van der Waals surface area contributed by atoms with Crippen LogP contribution in [0.2, 0.25) is 0 Å². The number of benzene rings is 1. The zero-order valence-electron chi connectivity index (χ0n) is 14.7. The molecule has 6 nitrogen and oxygen atoms in total. The second kappa shape index (κ2) is 8.16. The SMILES string of the molecule is O=C(COc1ccccc1C(F)(F)F)N1CCN(C(=O)C2CCCO2)CC1. The van der Waals surface area contributed by atoms with Gasteiger partial charge in [0, 0.05) is 32.8 Å². The highest BCUT2D eigenvalue weighted by Gasteiger charge is 2.35. The van der Waals surface area contributed by atoms with Gasteiger partial charge in [-0.2, -0.15) is 13.2 Å². The van der Waals surface area contributed by atoms with Crippen molar-refractivity contribution in [1.82, 2.24) is 9.80 Å². The first-order valence-corrected chi connectivity index (χ1v) is 8.83. The summed E-state index contributed by atoms with van der Waals surface area (Å²) in [6, 6.07) is 4.79. The van der Waals surface area contributed by atoms with Gasteiger partial charge in [-0.25, -0.2) is 0 Å². The number of carbonyl (C=O) groups excluding carboxylic acids is 2. The van der Waals surface area contributed by atoms with Gasteiger partial charge in [0.1, 0.15) is 11.9 Å². The van der Waals surface area contributed by atoms with E-state index in [1.165, 1.54) is 23.1 Å². The summed E-state index contributed by atoms with van der Waals surface area (Å²) in [5.41, 5.74) is -0.912. The van der Waals surface area contributed by atoms with Crippen LogP contribution in [0.1, 0.15) is 18.4 Å². The summed E-state index contributed by atoms with van der Waals surface area (Å²) < 4.78 is 49.4. The Morgan fingerprint density at radius 2 is 1.78 bits per heavy atom. The monoisotopic (exact) mass is 386 g/mol. The van der Waals surface area contributed by atoms with Gasteiger partial charge < -0.3 is 19.3 Å². The van der Waals surface area contributed by atoms with Crippen LogP contribution >= 0.6 is 0 Å². The van der Waals surface area contributed by atoms with Gasteiger partial charge in [-0.1, -0.05) is 12.1 Å². The van der Waals surface area contributed by atoms with Gasteiger partial charge in [-0.05, 0) is 25.0 Å².